The van der Waals surface area contributed by atoms with E-state index in [2.05, 4.69) is 15.8 Å². The molecule has 8 heteroatoms. The molecule has 3 aromatic rings. The van der Waals surface area contributed by atoms with Crippen molar-refractivity contribution in [1.29, 1.82) is 0 Å². The average Bonchev–Trinajstić information content (AvgIpc) is 2.82. The highest BCUT2D eigenvalue weighted by molar-refractivity contribution is 6.40. The van der Waals surface area contributed by atoms with Crippen LogP contribution in [0.1, 0.15) is 27.1 Å². The van der Waals surface area contributed by atoms with E-state index in [0.29, 0.717) is 17.0 Å². The third-order valence-electron chi connectivity index (χ3n) is 4.50. The summed E-state index contributed by atoms with van der Waals surface area (Å²) in [5, 5.41) is 16.2. The number of nitrogens with zero attached hydrogens (tertiary/aromatic N) is 1. The molecule has 0 saturated heterocycles. The van der Waals surface area contributed by atoms with Crippen LogP contribution in [0.15, 0.2) is 84.0 Å². The van der Waals surface area contributed by atoms with Gasteiger partial charge in [-0.05, 0) is 48.5 Å². The Labute approximate surface area is 184 Å². The number of carboxylic acids is 1. The molecule has 3 N–H and O–H groups in total. The van der Waals surface area contributed by atoms with Gasteiger partial charge in [0.25, 0.3) is 5.91 Å². The summed E-state index contributed by atoms with van der Waals surface area (Å²) in [7, 11) is 1.50. The van der Waals surface area contributed by atoms with Crippen LogP contribution in [0.4, 0.5) is 11.4 Å². The Kier molecular flexibility index (Phi) is 7.32. The molecule has 0 bridgehead atoms. The van der Waals surface area contributed by atoms with Crippen LogP contribution in [0.3, 0.4) is 0 Å². The summed E-state index contributed by atoms with van der Waals surface area (Å²) in [5.41, 5.74) is 3.65. The van der Waals surface area contributed by atoms with E-state index < -0.39 is 29.8 Å². The van der Waals surface area contributed by atoms with Gasteiger partial charge in [0.2, 0.25) is 0 Å². The average molecular weight is 431 g/mol. The molecule has 0 unspecified atom stereocenters. The number of rotatable bonds is 9. The van der Waals surface area contributed by atoms with E-state index in [9.17, 15) is 19.5 Å². The number of carbonyl (C=O) groups excluding carboxylic acids is 2. The van der Waals surface area contributed by atoms with E-state index in [0.717, 1.165) is 5.69 Å². The number of hydrazone groups is 1. The number of benzene rings is 3. The second kappa shape index (κ2) is 10.5. The van der Waals surface area contributed by atoms with E-state index in [-0.39, 0.29) is 5.56 Å². The predicted molar refractivity (Wildman–Crippen MR) is 121 cm³/mol. The predicted octanol–water partition coefficient (Wildman–Crippen LogP) is 3.88. The van der Waals surface area contributed by atoms with Gasteiger partial charge >= 0.3 is 5.97 Å². The van der Waals surface area contributed by atoms with Crippen molar-refractivity contribution in [2.24, 2.45) is 5.10 Å². The number of Topliss-reactive ketones (excluding diaryl/α,β-unsaturated/α-hetero) is 1. The normalized spacial score (nSPS) is 10.8. The van der Waals surface area contributed by atoms with Gasteiger partial charge in [-0.1, -0.05) is 30.3 Å². The van der Waals surface area contributed by atoms with Crippen LogP contribution in [-0.2, 0) is 4.79 Å². The SMILES string of the molecule is COc1ccc(C(=O)CC(=NNC(=O)c2ccccc2Nc2ccccc2)C(=O)O)cc1. The van der Waals surface area contributed by atoms with Crippen molar-refractivity contribution < 1.29 is 24.2 Å². The second-order valence-electron chi connectivity index (χ2n) is 6.67. The first-order chi connectivity index (χ1) is 15.5. The number of amides is 1. The molecule has 0 fully saturated rings. The highest BCUT2D eigenvalue weighted by Gasteiger charge is 2.18. The maximum atomic E-state index is 12.7. The maximum absolute atomic E-state index is 12.7. The van der Waals surface area contributed by atoms with Crippen molar-refractivity contribution in [2.75, 3.05) is 12.4 Å². The fraction of sp³-hybridized carbons (Fsp3) is 0.0833. The van der Waals surface area contributed by atoms with Crippen molar-refractivity contribution >= 4 is 34.7 Å². The maximum Gasteiger partial charge on any atom is 0.352 e. The van der Waals surface area contributed by atoms with Crippen molar-refractivity contribution in [3.05, 3.63) is 90.0 Å². The molecule has 0 saturated carbocycles. The number of carbonyl (C=O) groups is 3. The molecule has 8 nitrogen and oxygen atoms in total. The van der Waals surface area contributed by atoms with E-state index in [1.54, 1.807) is 36.4 Å². The molecule has 1 amide bonds. The van der Waals surface area contributed by atoms with Gasteiger partial charge in [0.15, 0.2) is 11.5 Å². The molecule has 0 spiro atoms. The number of aliphatic carboxylic acids is 1. The fourth-order valence-electron chi connectivity index (χ4n) is 2.84. The van der Waals surface area contributed by atoms with Gasteiger partial charge in [0.1, 0.15) is 5.75 Å². The largest absolute Gasteiger partial charge is 0.497 e. The van der Waals surface area contributed by atoms with Crippen molar-refractivity contribution in [3.63, 3.8) is 0 Å². The molecule has 0 radical (unpaired) electrons. The standard InChI is InChI=1S/C24H21N3O5/c1-32-18-13-11-16(12-14-18)22(28)15-21(24(30)31)26-27-23(29)19-9-5-6-10-20(19)25-17-7-3-2-4-8-17/h2-14,25H,15H2,1H3,(H,27,29)(H,30,31). The van der Waals surface area contributed by atoms with Crippen LogP contribution in [0.25, 0.3) is 0 Å². The Morgan fingerprint density at radius 3 is 2.22 bits per heavy atom. The number of ketones is 1. The molecule has 0 heterocycles. The minimum absolute atomic E-state index is 0.270. The van der Waals surface area contributed by atoms with Gasteiger partial charge in [0.05, 0.1) is 24.8 Å². The van der Waals surface area contributed by atoms with Crippen LogP contribution in [0.2, 0.25) is 0 Å². The number of nitrogens with one attached hydrogen (secondary N) is 2. The Morgan fingerprint density at radius 2 is 1.56 bits per heavy atom. The highest BCUT2D eigenvalue weighted by Crippen LogP contribution is 2.20. The lowest BCUT2D eigenvalue weighted by Crippen LogP contribution is -2.25. The lowest BCUT2D eigenvalue weighted by molar-refractivity contribution is -0.129. The van der Waals surface area contributed by atoms with Gasteiger partial charge in [-0.15, -0.1) is 0 Å². The first-order valence-corrected chi connectivity index (χ1v) is 9.66. The zero-order chi connectivity index (χ0) is 22.9. The summed E-state index contributed by atoms with van der Waals surface area (Å²) < 4.78 is 5.04. The van der Waals surface area contributed by atoms with Crippen molar-refractivity contribution in [3.8, 4) is 5.75 Å². The third kappa shape index (κ3) is 5.79. The Balaban J connectivity index is 1.73. The molecular weight excluding hydrogens is 410 g/mol. The molecule has 0 atom stereocenters. The minimum atomic E-state index is -1.40. The Morgan fingerprint density at radius 1 is 0.906 bits per heavy atom. The third-order valence-corrected chi connectivity index (χ3v) is 4.50. The highest BCUT2D eigenvalue weighted by atomic mass is 16.5. The van der Waals surface area contributed by atoms with E-state index in [1.165, 1.54) is 19.2 Å². The molecule has 3 aromatic carbocycles. The number of ether oxygens (including phenoxy) is 1. The lowest BCUT2D eigenvalue weighted by Gasteiger charge is -2.11. The monoisotopic (exact) mass is 431 g/mol. The zero-order valence-corrected chi connectivity index (χ0v) is 17.2. The van der Waals surface area contributed by atoms with E-state index in [4.69, 9.17) is 4.74 Å². The summed E-state index contributed by atoms with van der Waals surface area (Å²) in [5.74, 6) is -1.89. The molecule has 0 aliphatic carbocycles. The van der Waals surface area contributed by atoms with Crippen LogP contribution in [0.5, 0.6) is 5.75 Å². The van der Waals surface area contributed by atoms with Gasteiger partial charge in [-0.3, -0.25) is 9.59 Å². The van der Waals surface area contributed by atoms with Gasteiger partial charge in [-0.2, -0.15) is 5.10 Å². The van der Waals surface area contributed by atoms with Crippen LogP contribution in [-0.4, -0.2) is 35.6 Å². The number of methoxy groups -OCH3 is 1. The van der Waals surface area contributed by atoms with Crippen molar-refractivity contribution in [2.45, 2.75) is 6.42 Å². The van der Waals surface area contributed by atoms with E-state index >= 15 is 0 Å². The molecule has 3 rings (SSSR count). The topological polar surface area (TPSA) is 117 Å². The molecule has 162 valence electrons. The number of para-hydroxylation sites is 2. The smallest absolute Gasteiger partial charge is 0.352 e. The molecular formula is C24H21N3O5. The summed E-state index contributed by atoms with van der Waals surface area (Å²) in [6, 6.07) is 22.3. The summed E-state index contributed by atoms with van der Waals surface area (Å²) >= 11 is 0. The first-order valence-electron chi connectivity index (χ1n) is 9.66. The van der Waals surface area contributed by atoms with Gasteiger partial charge in [-0.25, -0.2) is 10.2 Å². The van der Waals surface area contributed by atoms with Crippen LogP contribution < -0.4 is 15.5 Å². The molecule has 32 heavy (non-hydrogen) atoms. The summed E-state index contributed by atoms with van der Waals surface area (Å²) in [6.45, 7) is 0. The van der Waals surface area contributed by atoms with Crippen molar-refractivity contribution in [1.82, 2.24) is 5.43 Å². The number of hydrogen-bond acceptors (Lipinski definition) is 6. The minimum Gasteiger partial charge on any atom is -0.497 e. The molecule has 0 aliphatic rings. The summed E-state index contributed by atoms with van der Waals surface area (Å²) in [6.07, 6.45) is -0.480. The van der Waals surface area contributed by atoms with Crippen LogP contribution >= 0.6 is 0 Å². The number of carboxylic acid groups (broad SMARTS) is 1. The fourth-order valence-corrected chi connectivity index (χ4v) is 2.84. The zero-order valence-electron chi connectivity index (χ0n) is 17.2. The van der Waals surface area contributed by atoms with Crippen LogP contribution in [0, 0.1) is 0 Å². The second-order valence-corrected chi connectivity index (χ2v) is 6.67. The molecule has 0 aliphatic heterocycles. The Bertz CT molecular complexity index is 1140. The Hall–Kier alpha value is -4.46. The first kappa shape index (κ1) is 22.2. The quantitative estimate of drug-likeness (QED) is 0.269. The molecule has 0 aromatic heterocycles. The number of anilines is 2. The number of hydrogen-bond donors (Lipinski definition) is 3. The lowest BCUT2D eigenvalue weighted by atomic mass is 10.1. The van der Waals surface area contributed by atoms with Gasteiger partial charge in [0, 0.05) is 11.3 Å². The van der Waals surface area contributed by atoms with E-state index in [1.807, 2.05) is 30.3 Å². The van der Waals surface area contributed by atoms with Gasteiger partial charge < -0.3 is 15.2 Å². The summed E-state index contributed by atoms with van der Waals surface area (Å²) in [4.78, 5) is 36.6.